The van der Waals surface area contributed by atoms with Gasteiger partial charge in [-0.3, -0.25) is 4.79 Å². The minimum absolute atomic E-state index is 0.0398. The van der Waals surface area contributed by atoms with Crippen LogP contribution in [0.3, 0.4) is 0 Å². The first-order chi connectivity index (χ1) is 13.2. The monoisotopic (exact) mass is 390 g/mol. The largest absolute Gasteiger partial charge is 0.477 e. The molecule has 3 aliphatic rings. The molecule has 7 nitrogen and oxygen atoms in total. The molecule has 4 atom stereocenters. The molecule has 2 saturated carbocycles. The van der Waals surface area contributed by atoms with Crippen molar-refractivity contribution in [1.29, 1.82) is 0 Å². The number of hydrogen-bond donors (Lipinski definition) is 3. The number of halogens is 2. The summed E-state index contributed by atoms with van der Waals surface area (Å²) in [6, 6.07) is -0.246. The van der Waals surface area contributed by atoms with Crippen molar-refractivity contribution in [3.05, 3.63) is 33.6 Å². The van der Waals surface area contributed by atoms with Crippen LogP contribution in [0.1, 0.15) is 36.2 Å². The van der Waals surface area contributed by atoms with Gasteiger partial charge in [-0.25, -0.2) is 13.6 Å². The zero-order valence-electron chi connectivity index (χ0n) is 15.2. The summed E-state index contributed by atoms with van der Waals surface area (Å²) < 4.78 is 32.3. The first-order valence-electron chi connectivity index (χ1n) is 9.34. The molecule has 5 N–H and O–H groups in total. The third kappa shape index (κ3) is 2.10. The fourth-order valence-electron chi connectivity index (χ4n) is 4.84. The number of piperidine rings is 1. The molecular formula is C19H20F2N4O3. The Kier molecular flexibility index (Phi) is 3.38. The van der Waals surface area contributed by atoms with Gasteiger partial charge in [-0.05, 0) is 25.7 Å². The molecule has 2 heterocycles. The Balaban J connectivity index is 1.81. The number of benzene rings is 1. The maximum atomic E-state index is 15.7. The van der Waals surface area contributed by atoms with Crippen LogP contribution < -0.4 is 21.8 Å². The van der Waals surface area contributed by atoms with Gasteiger partial charge < -0.3 is 26.0 Å². The van der Waals surface area contributed by atoms with Gasteiger partial charge in [-0.15, -0.1) is 0 Å². The Labute approximate surface area is 158 Å². The Morgan fingerprint density at radius 1 is 1.29 bits per heavy atom. The van der Waals surface area contributed by atoms with Crippen LogP contribution in [0, 0.1) is 23.5 Å². The van der Waals surface area contributed by atoms with Gasteiger partial charge in [-0.1, -0.05) is 0 Å². The third-order valence-electron chi connectivity index (χ3n) is 6.57. The normalized spacial score (nSPS) is 28.6. The molecular weight excluding hydrogens is 370 g/mol. The Morgan fingerprint density at radius 2 is 1.96 bits per heavy atom. The number of nitrogens with two attached hydrogens (primary N) is 2. The summed E-state index contributed by atoms with van der Waals surface area (Å²) in [6.07, 6.45) is 2.60. The molecule has 9 heteroatoms. The average Bonchev–Trinajstić information content (AvgIpc) is 3.54. The first-order valence-corrected chi connectivity index (χ1v) is 9.34. The van der Waals surface area contributed by atoms with Gasteiger partial charge in [0.25, 0.3) is 0 Å². The Hall–Kier alpha value is -2.68. The van der Waals surface area contributed by atoms with E-state index in [0.29, 0.717) is 6.54 Å². The molecule has 5 rings (SSSR count). The van der Waals surface area contributed by atoms with Crippen LogP contribution in [0.2, 0.25) is 0 Å². The molecule has 0 radical (unpaired) electrons. The molecule has 0 amide bonds. The molecule has 4 unspecified atom stereocenters. The van der Waals surface area contributed by atoms with E-state index in [1.54, 1.807) is 4.90 Å². The van der Waals surface area contributed by atoms with E-state index in [1.165, 1.54) is 4.57 Å². The molecule has 1 aromatic carbocycles. The Morgan fingerprint density at radius 3 is 2.50 bits per heavy atom. The van der Waals surface area contributed by atoms with Crippen molar-refractivity contribution in [3.8, 4) is 0 Å². The molecule has 2 aliphatic carbocycles. The number of carboxylic acids is 1. The molecule has 1 aromatic heterocycles. The fraction of sp³-hybridized carbons (Fsp3) is 0.474. The molecule has 2 aromatic rings. The van der Waals surface area contributed by atoms with Crippen molar-refractivity contribution in [1.82, 2.24) is 4.57 Å². The van der Waals surface area contributed by atoms with Crippen LogP contribution in [0.5, 0.6) is 0 Å². The quantitative estimate of drug-likeness (QED) is 0.687. The Bertz CT molecular complexity index is 1110. The lowest BCUT2D eigenvalue weighted by atomic mass is 10.0. The lowest BCUT2D eigenvalue weighted by molar-refractivity contribution is 0.0695. The molecule has 0 spiro atoms. The highest BCUT2D eigenvalue weighted by Crippen LogP contribution is 2.51. The predicted octanol–water partition coefficient (Wildman–Crippen LogP) is 1.68. The van der Waals surface area contributed by atoms with Crippen molar-refractivity contribution in [2.24, 2.45) is 17.6 Å². The van der Waals surface area contributed by atoms with Crippen molar-refractivity contribution in [2.75, 3.05) is 17.2 Å². The summed E-state index contributed by atoms with van der Waals surface area (Å²) in [5.74, 6) is -2.98. The summed E-state index contributed by atoms with van der Waals surface area (Å²) in [5, 5.41) is 8.94. The van der Waals surface area contributed by atoms with Crippen LogP contribution in [0.25, 0.3) is 10.9 Å². The van der Waals surface area contributed by atoms with E-state index in [2.05, 4.69) is 0 Å². The molecule has 1 aliphatic heterocycles. The summed E-state index contributed by atoms with van der Waals surface area (Å²) in [6.45, 7) is 2.30. The van der Waals surface area contributed by atoms with E-state index in [0.717, 1.165) is 19.0 Å². The number of aromatic carboxylic acids is 1. The minimum atomic E-state index is -1.45. The van der Waals surface area contributed by atoms with Gasteiger partial charge in [0.15, 0.2) is 11.6 Å². The number of hydrogen-bond acceptors (Lipinski definition) is 5. The number of aromatic nitrogens is 1. The van der Waals surface area contributed by atoms with Crippen LogP contribution in [0.4, 0.5) is 20.2 Å². The standard InChI is InChI=1S/C19H20F2N4O3/c1-6-10-8(14(10)22)4-24(6)17-12(20)15(23)11-16(13(17)21)25(7-2-3-7)5-9(18(11)26)19(27)28/h5-8,10,14H,2-4,22-23H2,1H3,(H,27,28). The summed E-state index contributed by atoms with van der Waals surface area (Å²) in [7, 11) is 0. The van der Waals surface area contributed by atoms with Gasteiger partial charge in [0.1, 0.15) is 11.3 Å². The number of fused-ring (bicyclic) bond motifs is 2. The lowest BCUT2D eigenvalue weighted by Gasteiger charge is -2.30. The van der Waals surface area contributed by atoms with Crippen LogP contribution in [0.15, 0.2) is 11.0 Å². The van der Waals surface area contributed by atoms with E-state index in [9.17, 15) is 14.7 Å². The minimum Gasteiger partial charge on any atom is -0.477 e. The number of anilines is 2. The predicted molar refractivity (Wildman–Crippen MR) is 99.5 cm³/mol. The van der Waals surface area contributed by atoms with Gasteiger partial charge in [0.2, 0.25) is 5.43 Å². The van der Waals surface area contributed by atoms with E-state index in [1.807, 2.05) is 6.92 Å². The fourth-order valence-corrected chi connectivity index (χ4v) is 4.84. The third-order valence-corrected chi connectivity index (χ3v) is 6.57. The maximum Gasteiger partial charge on any atom is 0.341 e. The van der Waals surface area contributed by atoms with Crippen molar-refractivity contribution < 1.29 is 18.7 Å². The molecule has 1 saturated heterocycles. The van der Waals surface area contributed by atoms with Gasteiger partial charge >= 0.3 is 5.97 Å². The second-order valence-electron chi connectivity index (χ2n) is 8.14. The average molecular weight is 390 g/mol. The highest BCUT2D eigenvalue weighted by atomic mass is 19.1. The number of pyridine rings is 1. The molecule has 0 bridgehead atoms. The molecule has 148 valence electrons. The number of rotatable bonds is 3. The van der Waals surface area contributed by atoms with Gasteiger partial charge in [-0.2, -0.15) is 0 Å². The highest BCUT2D eigenvalue weighted by Gasteiger charge is 2.58. The van der Waals surface area contributed by atoms with E-state index in [-0.39, 0.29) is 41.2 Å². The summed E-state index contributed by atoms with van der Waals surface area (Å²) in [5.41, 5.74) is 9.53. The molecule has 3 fully saturated rings. The second kappa shape index (κ2) is 5.44. The van der Waals surface area contributed by atoms with Crippen LogP contribution >= 0.6 is 0 Å². The summed E-state index contributed by atoms with van der Waals surface area (Å²) in [4.78, 5) is 25.8. The topological polar surface area (TPSA) is 115 Å². The second-order valence-corrected chi connectivity index (χ2v) is 8.14. The zero-order valence-corrected chi connectivity index (χ0v) is 15.2. The van der Waals surface area contributed by atoms with Crippen molar-refractivity contribution >= 4 is 28.2 Å². The maximum absolute atomic E-state index is 15.7. The van der Waals surface area contributed by atoms with Crippen LogP contribution in [-0.4, -0.2) is 34.3 Å². The van der Waals surface area contributed by atoms with Crippen molar-refractivity contribution in [2.45, 2.75) is 37.9 Å². The summed E-state index contributed by atoms with van der Waals surface area (Å²) >= 11 is 0. The highest BCUT2D eigenvalue weighted by molar-refractivity contribution is 5.99. The van der Waals surface area contributed by atoms with Gasteiger partial charge in [0.05, 0.1) is 16.6 Å². The first kappa shape index (κ1) is 17.4. The zero-order chi connectivity index (χ0) is 20.1. The SMILES string of the molecule is CC1C2C(N)C2CN1c1c(F)c(N)c2c(=O)c(C(=O)O)cn(C3CC3)c2c1F. The molecule has 28 heavy (non-hydrogen) atoms. The van der Waals surface area contributed by atoms with E-state index < -0.39 is 39.7 Å². The number of nitrogens with zero attached hydrogens (tertiary/aromatic N) is 2. The number of carbonyl (C=O) groups is 1. The van der Waals surface area contributed by atoms with Crippen molar-refractivity contribution in [3.63, 3.8) is 0 Å². The van der Waals surface area contributed by atoms with Gasteiger partial charge in [0, 0.05) is 36.8 Å². The van der Waals surface area contributed by atoms with E-state index >= 15 is 8.78 Å². The van der Waals surface area contributed by atoms with E-state index in [4.69, 9.17) is 11.5 Å². The number of nitrogen functional groups attached to an aromatic ring is 1. The number of carboxylic acid groups (broad SMARTS) is 1. The smallest absolute Gasteiger partial charge is 0.341 e. The lowest BCUT2D eigenvalue weighted by Crippen LogP contribution is -2.37. The van der Waals surface area contributed by atoms with Crippen LogP contribution in [-0.2, 0) is 0 Å².